The van der Waals surface area contributed by atoms with Gasteiger partial charge < -0.3 is 28.4 Å². The maximum atomic E-state index is 12.5. The lowest BCUT2D eigenvalue weighted by Crippen LogP contribution is -2.40. The number of carbonyl (C=O) groups excluding carboxylic acids is 3. The zero-order valence-electron chi connectivity index (χ0n) is 21.1. The molecule has 218 valence electrons. The van der Waals surface area contributed by atoms with Crippen molar-refractivity contribution in [2.75, 3.05) is 13.2 Å². The fraction of sp³-hybridized carbons (Fsp3) is 0.870. The number of Topliss-reactive ketones (excluding diaryl/α,β-unsaturated/α-hetero) is 1. The van der Waals surface area contributed by atoms with Gasteiger partial charge in [0.2, 0.25) is 6.10 Å². The highest BCUT2D eigenvalue weighted by Gasteiger charge is 2.65. The van der Waals surface area contributed by atoms with Crippen molar-refractivity contribution in [1.82, 2.24) is 0 Å². The molecule has 3 fully saturated rings. The maximum absolute atomic E-state index is 12.5. The van der Waals surface area contributed by atoms with Gasteiger partial charge in [0.05, 0.1) is 12.0 Å². The molecule has 38 heavy (non-hydrogen) atoms. The van der Waals surface area contributed by atoms with Crippen LogP contribution in [0.15, 0.2) is 0 Å². The summed E-state index contributed by atoms with van der Waals surface area (Å²) in [6.45, 7) is 4.07. The van der Waals surface area contributed by atoms with E-state index in [9.17, 15) is 40.7 Å². The van der Waals surface area contributed by atoms with E-state index in [1.165, 1.54) is 0 Å². The summed E-state index contributed by atoms with van der Waals surface area (Å²) in [6, 6.07) is 0. The van der Waals surface area contributed by atoms with Gasteiger partial charge >= 0.3 is 24.3 Å². The van der Waals surface area contributed by atoms with Crippen LogP contribution >= 0.6 is 0 Å². The molecule has 0 aromatic heterocycles. The number of halogens is 6. The maximum Gasteiger partial charge on any atom is 0.402 e. The van der Waals surface area contributed by atoms with Gasteiger partial charge in [-0.15, -0.1) is 0 Å². The Morgan fingerprint density at radius 2 is 1.66 bits per heavy atom. The van der Waals surface area contributed by atoms with E-state index >= 15 is 0 Å². The van der Waals surface area contributed by atoms with Crippen LogP contribution in [0.1, 0.15) is 53.4 Å². The van der Waals surface area contributed by atoms with E-state index in [0.717, 1.165) is 0 Å². The SMILES string of the molecule is CCC(C)(C)C(=O)OC1C(=O)OC2C3OC(C)(CCCC(=O)COCC(C(F)(F)F)C(F)(F)F)OC3OC12. The normalized spacial score (nSPS) is 31.3. The van der Waals surface area contributed by atoms with E-state index in [-0.39, 0.29) is 19.3 Å². The molecule has 0 spiro atoms. The van der Waals surface area contributed by atoms with Gasteiger partial charge in [-0.2, -0.15) is 26.3 Å². The smallest absolute Gasteiger partial charge is 0.402 e. The van der Waals surface area contributed by atoms with E-state index in [1.54, 1.807) is 27.7 Å². The Balaban J connectivity index is 1.44. The van der Waals surface area contributed by atoms with Crippen LogP contribution in [0.5, 0.6) is 0 Å². The van der Waals surface area contributed by atoms with Crippen LogP contribution in [-0.4, -0.2) is 79.8 Å². The average Bonchev–Trinajstić information content (AvgIpc) is 3.36. The highest BCUT2D eigenvalue weighted by molar-refractivity contribution is 5.84. The molecule has 0 bridgehead atoms. The van der Waals surface area contributed by atoms with Crippen LogP contribution < -0.4 is 0 Å². The standard InChI is InChI=1S/C23H30F6O9/c1-5-20(2,3)19(32)36-15-13-14(34-17(15)31)16-18(35-13)38-21(4,37-16)8-6-7-11(30)9-33-10-12(22(24,25)26)23(27,28)29/h12-16,18H,5-10H2,1-4H3. The molecule has 0 radical (unpaired) electrons. The van der Waals surface area contributed by atoms with Gasteiger partial charge in [0.15, 0.2) is 36.0 Å². The molecule has 6 atom stereocenters. The summed E-state index contributed by atoms with van der Waals surface area (Å²) in [7, 11) is 0. The molecule has 3 aliphatic heterocycles. The number of hydrogen-bond donors (Lipinski definition) is 0. The molecule has 3 aliphatic rings. The van der Waals surface area contributed by atoms with Crippen molar-refractivity contribution in [3.8, 4) is 0 Å². The van der Waals surface area contributed by atoms with Crippen LogP contribution in [0, 0.1) is 11.3 Å². The molecule has 6 unspecified atom stereocenters. The average molecular weight is 564 g/mol. The third-order valence-corrected chi connectivity index (χ3v) is 6.84. The van der Waals surface area contributed by atoms with Crippen molar-refractivity contribution in [3.05, 3.63) is 0 Å². The minimum Gasteiger partial charge on any atom is -0.454 e. The molecule has 3 saturated heterocycles. The Bertz CT molecular complexity index is 891. The zero-order valence-corrected chi connectivity index (χ0v) is 21.1. The Morgan fingerprint density at radius 3 is 2.24 bits per heavy atom. The van der Waals surface area contributed by atoms with E-state index in [1.807, 2.05) is 0 Å². The first kappa shape index (κ1) is 30.6. The predicted molar refractivity (Wildman–Crippen MR) is 112 cm³/mol. The van der Waals surface area contributed by atoms with Crippen LogP contribution in [0.25, 0.3) is 0 Å². The number of esters is 2. The highest BCUT2D eigenvalue weighted by Crippen LogP contribution is 2.45. The van der Waals surface area contributed by atoms with Gasteiger partial charge in [-0.05, 0) is 33.6 Å². The molecular formula is C23H30F6O9. The van der Waals surface area contributed by atoms with Crippen molar-refractivity contribution in [2.24, 2.45) is 11.3 Å². The second kappa shape index (κ2) is 10.9. The first-order valence-corrected chi connectivity index (χ1v) is 12.0. The zero-order chi connectivity index (χ0) is 28.7. The summed E-state index contributed by atoms with van der Waals surface area (Å²) in [5.41, 5.74) is -0.820. The molecule has 0 amide bonds. The summed E-state index contributed by atoms with van der Waals surface area (Å²) >= 11 is 0. The van der Waals surface area contributed by atoms with Crippen molar-refractivity contribution in [1.29, 1.82) is 0 Å². The molecule has 3 rings (SSSR count). The van der Waals surface area contributed by atoms with Gasteiger partial charge in [0.1, 0.15) is 12.7 Å². The molecular weight excluding hydrogens is 534 g/mol. The lowest BCUT2D eigenvalue weighted by Gasteiger charge is -2.27. The topological polar surface area (TPSA) is 107 Å². The molecule has 0 aliphatic carbocycles. The molecule has 3 heterocycles. The Hall–Kier alpha value is -1.97. The second-order valence-electron chi connectivity index (χ2n) is 10.3. The Kier molecular flexibility index (Phi) is 8.76. The summed E-state index contributed by atoms with van der Waals surface area (Å²) in [5.74, 6) is -7.02. The number of rotatable bonds is 11. The minimum absolute atomic E-state index is 0.108. The fourth-order valence-electron chi connectivity index (χ4n) is 4.14. The monoisotopic (exact) mass is 564 g/mol. The number of ether oxygens (including phenoxy) is 6. The summed E-state index contributed by atoms with van der Waals surface area (Å²) in [4.78, 5) is 36.6. The molecule has 0 aromatic carbocycles. The Labute approximate surface area is 214 Å². The van der Waals surface area contributed by atoms with Crippen molar-refractivity contribution in [3.63, 3.8) is 0 Å². The van der Waals surface area contributed by atoms with Crippen molar-refractivity contribution >= 4 is 17.7 Å². The highest BCUT2D eigenvalue weighted by atomic mass is 19.4. The number of fused-ring (bicyclic) bond motifs is 3. The van der Waals surface area contributed by atoms with Gasteiger partial charge in [0.25, 0.3) is 0 Å². The van der Waals surface area contributed by atoms with Gasteiger partial charge in [-0.1, -0.05) is 6.92 Å². The minimum atomic E-state index is -5.55. The number of alkyl halides is 6. The molecule has 0 N–H and O–H groups in total. The van der Waals surface area contributed by atoms with Gasteiger partial charge in [0, 0.05) is 12.8 Å². The van der Waals surface area contributed by atoms with E-state index in [4.69, 9.17) is 23.7 Å². The lowest BCUT2D eigenvalue weighted by molar-refractivity contribution is -0.294. The van der Waals surface area contributed by atoms with Crippen LogP contribution in [-0.2, 0) is 42.8 Å². The summed E-state index contributed by atoms with van der Waals surface area (Å²) in [5, 5.41) is 0. The quantitative estimate of drug-likeness (QED) is 0.275. The fourth-order valence-corrected chi connectivity index (χ4v) is 4.14. The third-order valence-electron chi connectivity index (χ3n) is 6.84. The van der Waals surface area contributed by atoms with Crippen LogP contribution in [0.2, 0.25) is 0 Å². The Morgan fingerprint density at radius 1 is 1.03 bits per heavy atom. The third kappa shape index (κ3) is 6.77. The molecule has 0 saturated carbocycles. The first-order chi connectivity index (χ1) is 17.4. The number of ketones is 1. The summed E-state index contributed by atoms with van der Waals surface area (Å²) in [6.07, 6.45) is -15.5. The van der Waals surface area contributed by atoms with Gasteiger partial charge in [-0.25, -0.2) is 4.79 Å². The van der Waals surface area contributed by atoms with Crippen LogP contribution in [0.3, 0.4) is 0 Å². The van der Waals surface area contributed by atoms with E-state index in [0.29, 0.717) is 6.42 Å². The number of hydrogen-bond acceptors (Lipinski definition) is 9. The molecule has 15 heteroatoms. The second-order valence-corrected chi connectivity index (χ2v) is 10.3. The largest absolute Gasteiger partial charge is 0.454 e. The van der Waals surface area contributed by atoms with E-state index in [2.05, 4.69) is 4.74 Å². The predicted octanol–water partition coefficient (Wildman–Crippen LogP) is 3.61. The van der Waals surface area contributed by atoms with Crippen molar-refractivity contribution < 1.29 is 69.1 Å². The van der Waals surface area contributed by atoms with Gasteiger partial charge in [-0.3, -0.25) is 9.59 Å². The molecule has 0 aromatic rings. The van der Waals surface area contributed by atoms with Crippen molar-refractivity contribution in [2.45, 2.75) is 102 Å². The number of carbonyl (C=O) groups is 3. The summed E-state index contributed by atoms with van der Waals surface area (Å²) < 4.78 is 108. The van der Waals surface area contributed by atoms with E-state index < -0.39 is 91.1 Å². The van der Waals surface area contributed by atoms with Crippen LogP contribution in [0.4, 0.5) is 26.3 Å². The lowest BCUT2D eigenvalue weighted by atomic mass is 9.90. The molecule has 9 nitrogen and oxygen atoms in total. The first-order valence-electron chi connectivity index (χ1n) is 12.0.